The van der Waals surface area contributed by atoms with Gasteiger partial charge in [0.2, 0.25) is 0 Å². The summed E-state index contributed by atoms with van der Waals surface area (Å²) in [4.78, 5) is 4.68. The van der Waals surface area contributed by atoms with Crippen LogP contribution in [0.3, 0.4) is 0 Å². The molecule has 1 unspecified atom stereocenters. The van der Waals surface area contributed by atoms with E-state index in [1.54, 1.807) is 12.1 Å². The molecule has 0 radical (unpaired) electrons. The quantitative estimate of drug-likeness (QED) is 0.474. The van der Waals surface area contributed by atoms with Gasteiger partial charge in [0.1, 0.15) is 0 Å². The van der Waals surface area contributed by atoms with Crippen LogP contribution in [0.4, 0.5) is 13.9 Å². The number of para-hydroxylation sites is 1. The normalized spacial score (nSPS) is 12.8. The maximum atomic E-state index is 13.9. The van der Waals surface area contributed by atoms with Crippen molar-refractivity contribution in [3.63, 3.8) is 0 Å². The summed E-state index contributed by atoms with van der Waals surface area (Å²) in [5.41, 5.74) is 1.86. The van der Waals surface area contributed by atoms with E-state index in [4.69, 9.17) is 0 Å². The molecule has 148 valence electrons. The highest BCUT2D eigenvalue weighted by molar-refractivity contribution is 7.90. The van der Waals surface area contributed by atoms with E-state index in [0.717, 1.165) is 28.6 Å². The average Bonchev–Trinajstić information content (AvgIpc) is 3.10. The topological polar surface area (TPSA) is 59.1 Å². The number of fused-ring (bicyclic) bond motifs is 1. The molecule has 0 spiro atoms. The molecule has 0 aliphatic rings. The first-order valence-corrected chi connectivity index (χ1v) is 11.4. The van der Waals surface area contributed by atoms with Gasteiger partial charge in [-0.15, -0.1) is 0 Å². The largest absolute Gasteiger partial charge is 0.351 e. The molecule has 1 aromatic heterocycles. The molecule has 1 heterocycles. The Hall–Kier alpha value is -2.84. The number of halogens is 2. The van der Waals surface area contributed by atoms with Crippen molar-refractivity contribution in [1.29, 1.82) is 0 Å². The first-order valence-electron chi connectivity index (χ1n) is 8.68. The smallest absolute Gasteiger partial charge is 0.184 e. The van der Waals surface area contributed by atoms with Crippen molar-refractivity contribution in [2.75, 3.05) is 11.6 Å². The third kappa shape index (κ3) is 4.13. The van der Waals surface area contributed by atoms with Gasteiger partial charge in [-0.2, -0.15) is 0 Å². The Morgan fingerprint density at radius 1 is 0.931 bits per heavy atom. The van der Waals surface area contributed by atoms with E-state index in [2.05, 4.69) is 10.3 Å². The third-order valence-corrected chi connectivity index (χ3v) is 6.54. The average molecular weight is 431 g/mol. The fraction of sp³-hybridized carbons (Fsp3) is 0.0952. The van der Waals surface area contributed by atoms with Gasteiger partial charge in [0, 0.05) is 6.26 Å². The molecular weight excluding hydrogens is 414 g/mol. The molecule has 0 saturated carbocycles. The van der Waals surface area contributed by atoms with E-state index in [0.29, 0.717) is 16.3 Å². The zero-order chi connectivity index (χ0) is 20.6. The van der Waals surface area contributed by atoms with Crippen molar-refractivity contribution in [2.24, 2.45) is 0 Å². The second kappa shape index (κ2) is 7.53. The monoisotopic (exact) mass is 430 g/mol. The molecule has 4 nitrogen and oxygen atoms in total. The van der Waals surface area contributed by atoms with E-state index in [1.165, 1.54) is 29.5 Å². The van der Waals surface area contributed by atoms with Crippen molar-refractivity contribution in [1.82, 2.24) is 4.98 Å². The SMILES string of the molecule is CS(=O)(=O)c1cccc(C(Nc2nc3ccccc3s2)c2ccc(F)c(F)c2)c1. The van der Waals surface area contributed by atoms with E-state index < -0.39 is 27.5 Å². The molecule has 3 aromatic carbocycles. The number of benzene rings is 3. The number of thiazole rings is 1. The van der Waals surface area contributed by atoms with Gasteiger partial charge in [0.15, 0.2) is 26.6 Å². The molecule has 4 rings (SSSR count). The van der Waals surface area contributed by atoms with Crippen LogP contribution < -0.4 is 5.32 Å². The summed E-state index contributed by atoms with van der Waals surface area (Å²) < 4.78 is 52.3. The van der Waals surface area contributed by atoms with E-state index in [1.807, 2.05) is 24.3 Å². The lowest BCUT2D eigenvalue weighted by Crippen LogP contribution is -2.13. The molecular formula is C21H16F2N2O2S2. The molecule has 4 aromatic rings. The van der Waals surface area contributed by atoms with Crippen molar-refractivity contribution in [3.05, 3.63) is 89.5 Å². The van der Waals surface area contributed by atoms with Crippen molar-refractivity contribution in [2.45, 2.75) is 10.9 Å². The molecule has 0 fully saturated rings. The van der Waals surface area contributed by atoms with Crippen LogP contribution in [0.2, 0.25) is 0 Å². The Kier molecular flexibility index (Phi) is 5.06. The highest BCUT2D eigenvalue weighted by Gasteiger charge is 2.20. The van der Waals surface area contributed by atoms with Gasteiger partial charge in [-0.05, 0) is 47.5 Å². The Balaban J connectivity index is 1.81. The molecule has 29 heavy (non-hydrogen) atoms. The number of nitrogens with one attached hydrogen (secondary N) is 1. The summed E-state index contributed by atoms with van der Waals surface area (Å²) in [5, 5.41) is 3.84. The summed E-state index contributed by atoms with van der Waals surface area (Å²) >= 11 is 1.42. The standard InChI is InChI=1S/C21H16F2N2O2S2/c1-29(26,27)15-6-4-5-13(11-15)20(14-9-10-16(22)17(23)12-14)25-21-24-18-7-2-3-8-19(18)28-21/h2-12,20H,1H3,(H,24,25). The number of hydrogen-bond donors (Lipinski definition) is 1. The van der Waals surface area contributed by atoms with Crippen LogP contribution in [0.1, 0.15) is 17.2 Å². The maximum absolute atomic E-state index is 13.9. The van der Waals surface area contributed by atoms with Crippen LogP contribution in [-0.2, 0) is 9.84 Å². The van der Waals surface area contributed by atoms with Crippen molar-refractivity contribution < 1.29 is 17.2 Å². The summed E-state index contributed by atoms with van der Waals surface area (Å²) in [5.74, 6) is -1.92. The Morgan fingerprint density at radius 2 is 1.69 bits per heavy atom. The van der Waals surface area contributed by atoms with Gasteiger partial charge < -0.3 is 5.32 Å². The second-order valence-corrected chi connectivity index (χ2v) is 9.63. The van der Waals surface area contributed by atoms with Crippen LogP contribution in [0, 0.1) is 11.6 Å². The molecule has 1 atom stereocenters. The predicted octanol–water partition coefficient (Wildman–Crippen LogP) is 5.18. The van der Waals surface area contributed by atoms with Crippen molar-refractivity contribution >= 4 is 36.5 Å². The van der Waals surface area contributed by atoms with Crippen LogP contribution in [0.25, 0.3) is 10.2 Å². The lowest BCUT2D eigenvalue weighted by atomic mass is 9.98. The highest BCUT2D eigenvalue weighted by atomic mass is 32.2. The van der Waals surface area contributed by atoms with Crippen LogP contribution >= 0.6 is 11.3 Å². The lowest BCUT2D eigenvalue weighted by Gasteiger charge is -2.20. The minimum absolute atomic E-state index is 0.147. The zero-order valence-corrected chi connectivity index (χ0v) is 16.9. The van der Waals surface area contributed by atoms with Gasteiger partial charge in [-0.3, -0.25) is 0 Å². The Morgan fingerprint density at radius 3 is 2.41 bits per heavy atom. The van der Waals surface area contributed by atoms with E-state index in [-0.39, 0.29) is 4.90 Å². The summed E-state index contributed by atoms with van der Waals surface area (Å²) in [6, 6.07) is 17.0. The van der Waals surface area contributed by atoms with Gasteiger partial charge >= 0.3 is 0 Å². The van der Waals surface area contributed by atoms with Gasteiger partial charge in [-0.1, -0.05) is 41.7 Å². The number of sulfone groups is 1. The number of hydrogen-bond acceptors (Lipinski definition) is 5. The zero-order valence-electron chi connectivity index (χ0n) is 15.3. The molecule has 0 amide bonds. The lowest BCUT2D eigenvalue weighted by molar-refractivity contribution is 0.506. The minimum Gasteiger partial charge on any atom is -0.351 e. The third-order valence-electron chi connectivity index (χ3n) is 4.46. The first kappa shape index (κ1) is 19.5. The summed E-state index contributed by atoms with van der Waals surface area (Å²) in [6.45, 7) is 0. The van der Waals surface area contributed by atoms with E-state index in [9.17, 15) is 17.2 Å². The molecule has 0 aliphatic heterocycles. The van der Waals surface area contributed by atoms with Gasteiger partial charge in [0.05, 0.1) is 21.2 Å². The van der Waals surface area contributed by atoms with Crippen molar-refractivity contribution in [3.8, 4) is 0 Å². The van der Waals surface area contributed by atoms with Gasteiger partial charge in [-0.25, -0.2) is 22.2 Å². The number of aromatic nitrogens is 1. The summed E-state index contributed by atoms with van der Waals surface area (Å²) in [7, 11) is -3.42. The molecule has 0 aliphatic carbocycles. The maximum Gasteiger partial charge on any atom is 0.184 e. The molecule has 0 saturated heterocycles. The molecule has 0 bridgehead atoms. The molecule has 8 heteroatoms. The highest BCUT2D eigenvalue weighted by Crippen LogP contribution is 2.33. The fourth-order valence-corrected chi connectivity index (χ4v) is 4.60. The van der Waals surface area contributed by atoms with Crippen LogP contribution in [0.15, 0.2) is 71.6 Å². The van der Waals surface area contributed by atoms with Crippen LogP contribution in [0.5, 0.6) is 0 Å². The minimum atomic E-state index is -3.42. The number of rotatable bonds is 5. The first-order chi connectivity index (χ1) is 13.8. The second-order valence-electron chi connectivity index (χ2n) is 6.58. The van der Waals surface area contributed by atoms with E-state index >= 15 is 0 Å². The van der Waals surface area contributed by atoms with Gasteiger partial charge in [0.25, 0.3) is 0 Å². The molecule has 1 N–H and O–H groups in total. The Labute approximate surface area is 170 Å². The Bertz CT molecular complexity index is 1270. The summed E-state index contributed by atoms with van der Waals surface area (Å²) in [6.07, 6.45) is 1.12. The van der Waals surface area contributed by atoms with Crippen LogP contribution in [-0.4, -0.2) is 19.7 Å². The number of nitrogens with zero attached hydrogens (tertiary/aromatic N) is 1. The fourth-order valence-electron chi connectivity index (χ4n) is 3.03. The number of anilines is 1. The predicted molar refractivity (Wildman–Crippen MR) is 111 cm³/mol.